The van der Waals surface area contributed by atoms with Crippen molar-refractivity contribution < 1.29 is 4.74 Å². The van der Waals surface area contributed by atoms with Crippen LogP contribution in [0.5, 0.6) is 0 Å². The summed E-state index contributed by atoms with van der Waals surface area (Å²) in [4.78, 5) is 0. The van der Waals surface area contributed by atoms with Crippen molar-refractivity contribution in [3.05, 3.63) is 22.4 Å². The number of ether oxygens (including phenoxy) is 1. The molecule has 114 valence electrons. The lowest BCUT2D eigenvalue weighted by atomic mass is 9.98. The second-order valence-electron chi connectivity index (χ2n) is 5.89. The third-order valence-electron chi connectivity index (χ3n) is 4.16. The third kappa shape index (κ3) is 5.94. The highest BCUT2D eigenvalue weighted by atomic mass is 32.1. The summed E-state index contributed by atoms with van der Waals surface area (Å²) in [5, 5.41) is 8.18. The average molecular weight is 295 g/mol. The van der Waals surface area contributed by atoms with Gasteiger partial charge in [-0.1, -0.05) is 6.92 Å². The Labute approximate surface area is 127 Å². The lowest BCUT2D eigenvalue weighted by Gasteiger charge is -2.25. The van der Waals surface area contributed by atoms with Gasteiger partial charge in [0.15, 0.2) is 0 Å². The Morgan fingerprint density at radius 1 is 1.40 bits per heavy atom. The van der Waals surface area contributed by atoms with E-state index in [0.29, 0.717) is 12.1 Å². The van der Waals surface area contributed by atoms with Crippen LogP contribution in [0.1, 0.15) is 57.4 Å². The van der Waals surface area contributed by atoms with E-state index < -0.39 is 0 Å². The summed E-state index contributed by atoms with van der Waals surface area (Å²) in [6.45, 7) is 4.36. The molecule has 2 heterocycles. The van der Waals surface area contributed by atoms with Gasteiger partial charge in [0.1, 0.15) is 0 Å². The van der Waals surface area contributed by atoms with Crippen LogP contribution in [0.3, 0.4) is 0 Å². The molecule has 1 fully saturated rings. The zero-order valence-corrected chi connectivity index (χ0v) is 13.6. The first kappa shape index (κ1) is 16.0. The van der Waals surface area contributed by atoms with Crippen LogP contribution in [0.15, 0.2) is 16.8 Å². The molecule has 0 radical (unpaired) electrons. The minimum absolute atomic E-state index is 0.524. The van der Waals surface area contributed by atoms with Crippen molar-refractivity contribution in [2.75, 3.05) is 13.2 Å². The van der Waals surface area contributed by atoms with Gasteiger partial charge in [-0.3, -0.25) is 0 Å². The van der Waals surface area contributed by atoms with Gasteiger partial charge in [0.25, 0.3) is 0 Å². The first-order valence-electron chi connectivity index (χ1n) is 8.24. The molecule has 1 N–H and O–H groups in total. The molecule has 2 unspecified atom stereocenters. The van der Waals surface area contributed by atoms with E-state index in [1.807, 2.05) is 0 Å². The van der Waals surface area contributed by atoms with E-state index in [2.05, 4.69) is 29.1 Å². The van der Waals surface area contributed by atoms with Crippen molar-refractivity contribution in [2.45, 2.75) is 70.4 Å². The van der Waals surface area contributed by atoms with Crippen LogP contribution in [0.4, 0.5) is 0 Å². The maximum atomic E-state index is 5.86. The van der Waals surface area contributed by atoms with Gasteiger partial charge in [-0.05, 0) is 80.3 Å². The molecule has 2 atom stereocenters. The molecule has 1 aromatic rings. The molecular weight excluding hydrogens is 266 g/mol. The first-order valence-corrected chi connectivity index (χ1v) is 9.19. The fourth-order valence-corrected chi connectivity index (χ4v) is 3.60. The summed E-state index contributed by atoms with van der Waals surface area (Å²) < 4.78 is 5.86. The SMILES string of the molecule is CCCNC(CCc1ccsc1)CCC1CCCCO1. The van der Waals surface area contributed by atoms with Gasteiger partial charge in [-0.2, -0.15) is 11.3 Å². The summed E-state index contributed by atoms with van der Waals surface area (Å²) in [7, 11) is 0. The van der Waals surface area contributed by atoms with Gasteiger partial charge in [0, 0.05) is 12.6 Å². The number of rotatable bonds is 9. The molecule has 0 saturated carbocycles. The van der Waals surface area contributed by atoms with Crippen molar-refractivity contribution >= 4 is 11.3 Å². The Hall–Kier alpha value is -0.380. The summed E-state index contributed by atoms with van der Waals surface area (Å²) in [6.07, 6.45) is 10.6. The molecule has 0 bridgehead atoms. The van der Waals surface area contributed by atoms with E-state index in [0.717, 1.165) is 13.2 Å². The van der Waals surface area contributed by atoms with E-state index >= 15 is 0 Å². The Balaban J connectivity index is 1.70. The molecule has 1 aliphatic heterocycles. The highest BCUT2D eigenvalue weighted by molar-refractivity contribution is 7.07. The molecular formula is C17H29NOS. The second-order valence-corrected chi connectivity index (χ2v) is 6.67. The summed E-state index contributed by atoms with van der Waals surface area (Å²) >= 11 is 1.80. The van der Waals surface area contributed by atoms with Gasteiger partial charge in [0.2, 0.25) is 0 Å². The van der Waals surface area contributed by atoms with Crippen LogP contribution in [0.2, 0.25) is 0 Å². The van der Waals surface area contributed by atoms with Gasteiger partial charge in [0.05, 0.1) is 6.10 Å². The smallest absolute Gasteiger partial charge is 0.0575 e. The standard InChI is InChI=1S/C17H29NOS/c1-2-11-18-16(7-6-15-10-13-20-14-15)8-9-17-5-3-4-12-19-17/h10,13-14,16-18H,2-9,11-12H2,1H3. The van der Waals surface area contributed by atoms with Gasteiger partial charge in [-0.25, -0.2) is 0 Å². The fourth-order valence-electron chi connectivity index (χ4n) is 2.89. The van der Waals surface area contributed by atoms with Gasteiger partial charge < -0.3 is 10.1 Å². The minimum Gasteiger partial charge on any atom is -0.378 e. The Morgan fingerprint density at radius 3 is 3.05 bits per heavy atom. The Bertz CT molecular complexity index is 333. The normalized spacial score (nSPS) is 20.9. The average Bonchev–Trinajstić information content (AvgIpc) is 3.01. The number of thiophene rings is 1. The molecule has 0 spiro atoms. The molecule has 1 aliphatic rings. The molecule has 1 aromatic heterocycles. The third-order valence-corrected chi connectivity index (χ3v) is 4.89. The van der Waals surface area contributed by atoms with Crippen molar-refractivity contribution in [3.8, 4) is 0 Å². The van der Waals surface area contributed by atoms with Crippen LogP contribution in [-0.2, 0) is 11.2 Å². The molecule has 2 nitrogen and oxygen atoms in total. The minimum atomic E-state index is 0.524. The predicted molar refractivity (Wildman–Crippen MR) is 87.5 cm³/mol. The van der Waals surface area contributed by atoms with Crippen LogP contribution in [-0.4, -0.2) is 25.3 Å². The number of nitrogens with one attached hydrogen (secondary N) is 1. The summed E-state index contributed by atoms with van der Waals surface area (Å²) in [6, 6.07) is 2.91. The molecule has 0 aliphatic carbocycles. The van der Waals surface area contributed by atoms with E-state index in [1.165, 1.54) is 56.9 Å². The zero-order chi connectivity index (χ0) is 14.0. The fraction of sp³-hybridized carbons (Fsp3) is 0.765. The number of hydrogen-bond donors (Lipinski definition) is 1. The van der Waals surface area contributed by atoms with Crippen molar-refractivity contribution in [2.24, 2.45) is 0 Å². The van der Waals surface area contributed by atoms with Gasteiger partial charge >= 0.3 is 0 Å². The maximum Gasteiger partial charge on any atom is 0.0575 e. The monoisotopic (exact) mass is 295 g/mol. The maximum absolute atomic E-state index is 5.86. The topological polar surface area (TPSA) is 21.3 Å². The van der Waals surface area contributed by atoms with Crippen LogP contribution in [0, 0.1) is 0 Å². The molecule has 0 amide bonds. The highest BCUT2D eigenvalue weighted by Gasteiger charge is 2.16. The van der Waals surface area contributed by atoms with E-state index in [-0.39, 0.29) is 0 Å². The molecule has 0 aromatic carbocycles. The highest BCUT2D eigenvalue weighted by Crippen LogP contribution is 2.19. The summed E-state index contributed by atoms with van der Waals surface area (Å²) in [5.74, 6) is 0. The predicted octanol–water partition coefficient (Wildman–Crippen LogP) is 4.40. The number of aryl methyl sites for hydroxylation is 1. The zero-order valence-electron chi connectivity index (χ0n) is 12.8. The van der Waals surface area contributed by atoms with Crippen molar-refractivity contribution in [1.82, 2.24) is 5.32 Å². The lowest BCUT2D eigenvalue weighted by Crippen LogP contribution is -2.32. The van der Waals surface area contributed by atoms with E-state index in [4.69, 9.17) is 4.74 Å². The Morgan fingerprint density at radius 2 is 2.35 bits per heavy atom. The molecule has 2 rings (SSSR count). The lowest BCUT2D eigenvalue weighted by molar-refractivity contribution is 0.00845. The summed E-state index contributed by atoms with van der Waals surface area (Å²) in [5.41, 5.74) is 1.49. The van der Waals surface area contributed by atoms with Gasteiger partial charge in [-0.15, -0.1) is 0 Å². The number of hydrogen-bond acceptors (Lipinski definition) is 3. The molecule has 1 saturated heterocycles. The molecule has 3 heteroatoms. The van der Waals surface area contributed by atoms with Crippen LogP contribution < -0.4 is 5.32 Å². The Kier molecular flexibility index (Phi) is 7.63. The quantitative estimate of drug-likeness (QED) is 0.729. The van der Waals surface area contributed by atoms with E-state index in [1.54, 1.807) is 11.3 Å². The van der Waals surface area contributed by atoms with Crippen molar-refractivity contribution in [3.63, 3.8) is 0 Å². The largest absolute Gasteiger partial charge is 0.378 e. The first-order chi connectivity index (χ1) is 9.88. The van der Waals surface area contributed by atoms with Crippen LogP contribution >= 0.6 is 11.3 Å². The van der Waals surface area contributed by atoms with Crippen molar-refractivity contribution in [1.29, 1.82) is 0 Å². The molecule has 20 heavy (non-hydrogen) atoms. The van der Waals surface area contributed by atoms with Crippen LogP contribution in [0.25, 0.3) is 0 Å². The second kappa shape index (κ2) is 9.54. The van der Waals surface area contributed by atoms with E-state index in [9.17, 15) is 0 Å².